The monoisotopic (exact) mass is 275 g/mol. The molecular weight excluding hydrogens is 262 g/mol. The van der Waals surface area contributed by atoms with Gasteiger partial charge >= 0.3 is 5.97 Å². The van der Waals surface area contributed by atoms with Gasteiger partial charge < -0.3 is 10.0 Å². The quantitative estimate of drug-likeness (QED) is 0.909. The van der Waals surface area contributed by atoms with Gasteiger partial charge in [-0.05, 0) is 23.8 Å². The van der Waals surface area contributed by atoms with Crippen molar-refractivity contribution in [1.82, 2.24) is 0 Å². The smallest absolute Gasteiger partial charge is 0.323 e. The minimum absolute atomic E-state index is 0.0603. The van der Waals surface area contributed by atoms with Crippen molar-refractivity contribution in [3.05, 3.63) is 65.2 Å². The molecule has 3 nitrogen and oxygen atoms in total. The lowest BCUT2D eigenvalue weighted by Gasteiger charge is -2.23. The molecule has 98 valence electrons. The van der Waals surface area contributed by atoms with Crippen LogP contribution in [0.3, 0.4) is 0 Å². The van der Waals surface area contributed by atoms with E-state index >= 15 is 0 Å². The molecule has 0 saturated heterocycles. The number of rotatable bonds is 5. The standard InChI is InChI=1S/C15H14ClNO2/c16-14-9-5-4-6-12(14)10-17(11-15(18)19)13-7-2-1-3-8-13/h1-9H,10-11H2,(H,18,19). The number of para-hydroxylation sites is 1. The summed E-state index contributed by atoms with van der Waals surface area (Å²) >= 11 is 6.12. The molecule has 1 N–H and O–H groups in total. The van der Waals surface area contributed by atoms with Crippen LogP contribution in [0, 0.1) is 0 Å². The molecule has 4 heteroatoms. The van der Waals surface area contributed by atoms with Crippen molar-refractivity contribution in [2.24, 2.45) is 0 Å². The van der Waals surface area contributed by atoms with Crippen molar-refractivity contribution in [1.29, 1.82) is 0 Å². The molecule has 0 aliphatic rings. The summed E-state index contributed by atoms with van der Waals surface area (Å²) in [6.07, 6.45) is 0. The highest BCUT2D eigenvalue weighted by atomic mass is 35.5. The Bertz CT molecular complexity index is 557. The maximum Gasteiger partial charge on any atom is 0.323 e. The lowest BCUT2D eigenvalue weighted by molar-refractivity contribution is -0.135. The van der Waals surface area contributed by atoms with E-state index in [1.807, 2.05) is 48.5 Å². The van der Waals surface area contributed by atoms with Crippen molar-refractivity contribution >= 4 is 23.3 Å². The van der Waals surface area contributed by atoms with E-state index in [2.05, 4.69) is 0 Å². The molecule has 19 heavy (non-hydrogen) atoms. The van der Waals surface area contributed by atoms with Crippen molar-refractivity contribution in [3.63, 3.8) is 0 Å². The van der Waals surface area contributed by atoms with E-state index in [0.29, 0.717) is 11.6 Å². The Morgan fingerprint density at radius 1 is 1.05 bits per heavy atom. The topological polar surface area (TPSA) is 40.5 Å². The molecule has 0 atom stereocenters. The Balaban J connectivity index is 2.24. The van der Waals surface area contributed by atoms with Crippen molar-refractivity contribution < 1.29 is 9.90 Å². The number of hydrogen-bond acceptors (Lipinski definition) is 2. The number of benzene rings is 2. The van der Waals surface area contributed by atoms with Crippen LogP contribution in [-0.2, 0) is 11.3 Å². The number of aliphatic carboxylic acids is 1. The third-order valence-electron chi connectivity index (χ3n) is 2.77. The van der Waals surface area contributed by atoms with Gasteiger partial charge in [0.25, 0.3) is 0 Å². The van der Waals surface area contributed by atoms with Gasteiger partial charge in [0.15, 0.2) is 0 Å². The van der Waals surface area contributed by atoms with Gasteiger partial charge in [-0.3, -0.25) is 4.79 Å². The van der Waals surface area contributed by atoms with Gasteiger partial charge in [0.05, 0.1) is 0 Å². The third kappa shape index (κ3) is 3.73. The summed E-state index contributed by atoms with van der Waals surface area (Å²) in [5.74, 6) is -0.865. The molecule has 0 unspecified atom stereocenters. The molecule has 0 saturated carbocycles. The Morgan fingerprint density at radius 2 is 1.68 bits per heavy atom. The summed E-state index contributed by atoms with van der Waals surface area (Å²) in [6, 6.07) is 16.9. The van der Waals surface area contributed by atoms with Gasteiger partial charge in [0.2, 0.25) is 0 Å². The van der Waals surface area contributed by atoms with Crippen LogP contribution in [0.2, 0.25) is 5.02 Å². The highest BCUT2D eigenvalue weighted by Gasteiger charge is 2.12. The second-order valence-corrected chi connectivity index (χ2v) is 4.58. The number of carbonyl (C=O) groups is 1. The van der Waals surface area contributed by atoms with Crippen LogP contribution in [0.25, 0.3) is 0 Å². The summed E-state index contributed by atoms with van der Waals surface area (Å²) < 4.78 is 0. The minimum Gasteiger partial charge on any atom is -0.480 e. The Morgan fingerprint density at radius 3 is 2.32 bits per heavy atom. The summed E-state index contributed by atoms with van der Waals surface area (Å²) in [4.78, 5) is 12.8. The molecule has 0 spiro atoms. The normalized spacial score (nSPS) is 10.2. The zero-order valence-electron chi connectivity index (χ0n) is 10.3. The highest BCUT2D eigenvalue weighted by Crippen LogP contribution is 2.21. The maximum absolute atomic E-state index is 11.0. The average molecular weight is 276 g/mol. The molecule has 2 aromatic carbocycles. The van der Waals surface area contributed by atoms with Crippen LogP contribution >= 0.6 is 11.6 Å². The van der Waals surface area contributed by atoms with Gasteiger partial charge in [-0.25, -0.2) is 0 Å². The van der Waals surface area contributed by atoms with Gasteiger partial charge in [-0.1, -0.05) is 48.0 Å². The molecule has 0 aromatic heterocycles. The third-order valence-corrected chi connectivity index (χ3v) is 3.14. The van der Waals surface area contributed by atoms with Crippen LogP contribution in [-0.4, -0.2) is 17.6 Å². The molecule has 2 aromatic rings. The van der Waals surface area contributed by atoms with Crippen LogP contribution < -0.4 is 4.90 Å². The summed E-state index contributed by atoms with van der Waals surface area (Å²) in [5.41, 5.74) is 1.78. The van der Waals surface area contributed by atoms with E-state index in [0.717, 1.165) is 11.3 Å². The number of carboxylic acids is 1. The Kier molecular flexibility index (Phi) is 4.42. The van der Waals surface area contributed by atoms with Crippen LogP contribution in [0.5, 0.6) is 0 Å². The Labute approximate surface area is 117 Å². The lowest BCUT2D eigenvalue weighted by atomic mass is 10.2. The molecule has 0 aliphatic carbocycles. The largest absolute Gasteiger partial charge is 0.480 e. The Hall–Kier alpha value is -2.00. The van der Waals surface area contributed by atoms with Crippen LogP contribution in [0.1, 0.15) is 5.56 Å². The number of halogens is 1. The van der Waals surface area contributed by atoms with Gasteiger partial charge in [-0.2, -0.15) is 0 Å². The SMILES string of the molecule is O=C(O)CN(Cc1ccccc1Cl)c1ccccc1. The number of anilines is 1. The number of carboxylic acid groups (broad SMARTS) is 1. The van der Waals surface area contributed by atoms with E-state index in [9.17, 15) is 4.79 Å². The molecule has 0 aliphatic heterocycles. The summed E-state index contributed by atoms with van der Waals surface area (Å²) in [7, 11) is 0. The lowest BCUT2D eigenvalue weighted by Crippen LogP contribution is -2.29. The average Bonchev–Trinajstić information content (AvgIpc) is 2.41. The molecule has 0 heterocycles. The maximum atomic E-state index is 11.0. The molecule has 0 amide bonds. The van der Waals surface area contributed by atoms with E-state index in [1.54, 1.807) is 11.0 Å². The predicted octanol–water partition coefficient (Wildman–Crippen LogP) is 3.43. The first-order valence-electron chi connectivity index (χ1n) is 5.92. The van der Waals surface area contributed by atoms with Crippen molar-refractivity contribution in [2.75, 3.05) is 11.4 Å². The first kappa shape index (κ1) is 13.4. The van der Waals surface area contributed by atoms with Gasteiger partial charge in [0.1, 0.15) is 6.54 Å². The van der Waals surface area contributed by atoms with Crippen molar-refractivity contribution in [2.45, 2.75) is 6.54 Å². The first-order valence-corrected chi connectivity index (χ1v) is 6.30. The van der Waals surface area contributed by atoms with Crippen LogP contribution in [0.4, 0.5) is 5.69 Å². The molecule has 0 bridgehead atoms. The highest BCUT2D eigenvalue weighted by molar-refractivity contribution is 6.31. The fourth-order valence-corrected chi connectivity index (χ4v) is 2.07. The van der Waals surface area contributed by atoms with Crippen molar-refractivity contribution in [3.8, 4) is 0 Å². The molecule has 2 rings (SSSR count). The zero-order chi connectivity index (χ0) is 13.7. The van der Waals surface area contributed by atoms with E-state index < -0.39 is 5.97 Å². The fourth-order valence-electron chi connectivity index (χ4n) is 1.87. The van der Waals surface area contributed by atoms with E-state index in [-0.39, 0.29) is 6.54 Å². The summed E-state index contributed by atoms with van der Waals surface area (Å²) in [5, 5.41) is 9.66. The second kappa shape index (κ2) is 6.25. The molecule has 0 radical (unpaired) electrons. The van der Waals surface area contributed by atoms with E-state index in [1.165, 1.54) is 0 Å². The van der Waals surface area contributed by atoms with Crippen LogP contribution in [0.15, 0.2) is 54.6 Å². The molecular formula is C15H14ClNO2. The first-order chi connectivity index (χ1) is 9.16. The summed E-state index contributed by atoms with van der Waals surface area (Å²) in [6.45, 7) is 0.408. The number of nitrogens with zero attached hydrogens (tertiary/aromatic N) is 1. The second-order valence-electron chi connectivity index (χ2n) is 4.18. The molecule has 0 fully saturated rings. The minimum atomic E-state index is -0.865. The fraction of sp³-hybridized carbons (Fsp3) is 0.133. The van der Waals surface area contributed by atoms with E-state index in [4.69, 9.17) is 16.7 Å². The van der Waals surface area contributed by atoms with Gasteiger partial charge in [0, 0.05) is 17.3 Å². The van der Waals surface area contributed by atoms with Gasteiger partial charge in [-0.15, -0.1) is 0 Å². The predicted molar refractivity (Wildman–Crippen MR) is 76.6 cm³/mol. The number of hydrogen-bond donors (Lipinski definition) is 1. The zero-order valence-corrected chi connectivity index (χ0v) is 11.0.